The number of carbonyl (C=O) groups excluding carboxylic acids is 4. The number of hydrogen-bond donors (Lipinski definition) is 1. The van der Waals surface area contributed by atoms with Gasteiger partial charge in [0.25, 0.3) is 5.54 Å². The zero-order valence-corrected chi connectivity index (χ0v) is 19.4. The average molecular weight is 472 g/mol. The Balaban J connectivity index is 2.57. The van der Waals surface area contributed by atoms with E-state index in [1.807, 2.05) is 0 Å². The molecule has 9 nitrogen and oxygen atoms in total. The van der Waals surface area contributed by atoms with Crippen LogP contribution in [0.4, 0.5) is 4.79 Å². The van der Waals surface area contributed by atoms with Crippen LogP contribution >= 0.6 is 0 Å². The predicted molar refractivity (Wildman–Crippen MR) is 122 cm³/mol. The van der Waals surface area contributed by atoms with Gasteiger partial charge in [0.05, 0.1) is 19.8 Å². The number of ether oxygens (including phenoxy) is 4. The van der Waals surface area contributed by atoms with Gasteiger partial charge < -0.3 is 18.9 Å². The number of benzene rings is 2. The molecule has 0 radical (unpaired) electrons. The zero-order valence-electron chi connectivity index (χ0n) is 19.4. The molecule has 0 saturated heterocycles. The van der Waals surface area contributed by atoms with Crippen LogP contribution in [-0.2, 0) is 39.9 Å². The lowest BCUT2D eigenvalue weighted by molar-refractivity contribution is -0.172. The zero-order chi connectivity index (χ0) is 25.0. The van der Waals surface area contributed by atoms with Crippen molar-refractivity contribution in [1.29, 1.82) is 0 Å². The van der Waals surface area contributed by atoms with E-state index in [1.165, 1.54) is 26.0 Å². The molecule has 0 saturated carbocycles. The maximum atomic E-state index is 13.3. The number of amides is 1. The van der Waals surface area contributed by atoms with Crippen molar-refractivity contribution in [3.8, 4) is 0 Å². The van der Waals surface area contributed by atoms with Gasteiger partial charge >= 0.3 is 24.0 Å². The molecule has 0 heterocycles. The van der Waals surface area contributed by atoms with E-state index in [4.69, 9.17) is 18.9 Å². The van der Waals surface area contributed by atoms with Gasteiger partial charge in [-0.05, 0) is 31.9 Å². The Bertz CT molecular complexity index is 943. The van der Waals surface area contributed by atoms with Gasteiger partial charge in [-0.15, -0.1) is 0 Å². The molecule has 182 valence electrons. The summed E-state index contributed by atoms with van der Waals surface area (Å²) in [5, 5.41) is 2.30. The second-order valence-electron chi connectivity index (χ2n) is 7.03. The molecule has 34 heavy (non-hydrogen) atoms. The van der Waals surface area contributed by atoms with Crippen molar-refractivity contribution < 1.29 is 38.1 Å². The summed E-state index contributed by atoms with van der Waals surface area (Å²) >= 11 is 0. The molecule has 0 aliphatic heterocycles. The Morgan fingerprint density at radius 2 is 1.24 bits per heavy atom. The molecule has 0 spiro atoms. The molecular formula is C25H29NO8. The minimum atomic E-state index is -2.59. The van der Waals surface area contributed by atoms with Crippen molar-refractivity contribution in [3.05, 3.63) is 71.8 Å². The van der Waals surface area contributed by atoms with Gasteiger partial charge in [0, 0.05) is 0 Å². The standard InChI is InChI=1S/C25H29NO8/c1-4-31-21(27)20(19-15-11-8-12-16-19)25(22(28)32-5-2,23(29)33-6-3)26-24(30)34-17-18-13-9-7-10-14-18/h7-16,20H,4-6,17H2,1-3H3,(H,26,30). The maximum Gasteiger partial charge on any atom is 0.408 e. The third kappa shape index (κ3) is 6.34. The molecule has 0 bridgehead atoms. The summed E-state index contributed by atoms with van der Waals surface area (Å²) in [4.78, 5) is 52.6. The molecule has 9 heteroatoms. The Morgan fingerprint density at radius 1 is 0.735 bits per heavy atom. The molecule has 0 fully saturated rings. The van der Waals surface area contributed by atoms with Crippen LogP contribution in [0.1, 0.15) is 37.8 Å². The lowest BCUT2D eigenvalue weighted by Crippen LogP contribution is -2.66. The molecular weight excluding hydrogens is 442 g/mol. The first-order valence-corrected chi connectivity index (χ1v) is 10.9. The van der Waals surface area contributed by atoms with E-state index >= 15 is 0 Å². The molecule has 0 aliphatic rings. The molecule has 2 rings (SSSR count). The van der Waals surface area contributed by atoms with Crippen molar-refractivity contribution in [1.82, 2.24) is 5.32 Å². The van der Waals surface area contributed by atoms with E-state index in [1.54, 1.807) is 55.5 Å². The lowest BCUT2D eigenvalue weighted by atomic mass is 9.78. The highest BCUT2D eigenvalue weighted by molar-refractivity contribution is 6.12. The molecule has 1 amide bonds. The largest absolute Gasteiger partial charge is 0.465 e. The van der Waals surface area contributed by atoms with Crippen LogP contribution < -0.4 is 5.32 Å². The van der Waals surface area contributed by atoms with Crippen LogP contribution in [-0.4, -0.2) is 49.4 Å². The molecule has 0 aliphatic carbocycles. The Labute approximate surface area is 198 Å². The molecule has 0 aromatic heterocycles. The van der Waals surface area contributed by atoms with Crippen LogP contribution in [0.25, 0.3) is 0 Å². The molecule has 2 aromatic carbocycles. The summed E-state index contributed by atoms with van der Waals surface area (Å²) in [5.74, 6) is -4.87. The van der Waals surface area contributed by atoms with Crippen molar-refractivity contribution in [2.24, 2.45) is 0 Å². The highest BCUT2D eigenvalue weighted by Crippen LogP contribution is 2.33. The SMILES string of the molecule is CCOC(=O)C(c1ccccc1)C(NC(=O)OCc1ccccc1)(C(=O)OCC)C(=O)OCC. The Hall–Kier alpha value is -3.88. The van der Waals surface area contributed by atoms with E-state index < -0.39 is 35.5 Å². The second-order valence-corrected chi connectivity index (χ2v) is 7.03. The Kier molecular flexibility index (Phi) is 10.1. The minimum absolute atomic E-state index is 0.0254. The maximum absolute atomic E-state index is 13.3. The molecule has 1 atom stereocenters. The van der Waals surface area contributed by atoms with Gasteiger partial charge in [0.15, 0.2) is 0 Å². The topological polar surface area (TPSA) is 117 Å². The highest BCUT2D eigenvalue weighted by Gasteiger charge is 2.61. The fourth-order valence-electron chi connectivity index (χ4n) is 3.34. The van der Waals surface area contributed by atoms with Crippen LogP contribution in [0.5, 0.6) is 0 Å². The van der Waals surface area contributed by atoms with Crippen molar-refractivity contribution in [3.63, 3.8) is 0 Å². The van der Waals surface area contributed by atoms with E-state index in [9.17, 15) is 19.2 Å². The first kappa shape index (κ1) is 26.4. The summed E-state index contributed by atoms with van der Waals surface area (Å²) in [6.45, 7) is 4.24. The first-order chi connectivity index (χ1) is 16.4. The fourth-order valence-corrected chi connectivity index (χ4v) is 3.34. The van der Waals surface area contributed by atoms with Crippen LogP contribution in [0.3, 0.4) is 0 Å². The number of carbonyl (C=O) groups is 4. The smallest absolute Gasteiger partial charge is 0.408 e. The van der Waals surface area contributed by atoms with Crippen molar-refractivity contribution >= 4 is 24.0 Å². The van der Waals surface area contributed by atoms with Gasteiger partial charge in [-0.25, -0.2) is 14.4 Å². The van der Waals surface area contributed by atoms with Crippen LogP contribution in [0.2, 0.25) is 0 Å². The van der Waals surface area contributed by atoms with E-state index in [-0.39, 0.29) is 32.0 Å². The predicted octanol–water partition coefficient (Wildman–Crippen LogP) is 3.12. The summed E-state index contributed by atoms with van der Waals surface area (Å²) in [7, 11) is 0. The van der Waals surface area contributed by atoms with Crippen LogP contribution in [0.15, 0.2) is 60.7 Å². The number of nitrogens with one attached hydrogen (secondary N) is 1. The van der Waals surface area contributed by atoms with Gasteiger partial charge in [-0.1, -0.05) is 60.7 Å². The highest BCUT2D eigenvalue weighted by atomic mass is 16.6. The van der Waals surface area contributed by atoms with Gasteiger partial charge in [0.1, 0.15) is 12.5 Å². The monoisotopic (exact) mass is 471 g/mol. The lowest BCUT2D eigenvalue weighted by Gasteiger charge is -2.35. The number of hydrogen-bond acceptors (Lipinski definition) is 8. The molecule has 2 aromatic rings. The van der Waals surface area contributed by atoms with E-state index in [2.05, 4.69) is 5.32 Å². The number of rotatable bonds is 11. The first-order valence-electron chi connectivity index (χ1n) is 10.9. The summed E-state index contributed by atoms with van der Waals surface area (Å²) in [6, 6.07) is 16.8. The Morgan fingerprint density at radius 3 is 1.74 bits per heavy atom. The third-order valence-electron chi connectivity index (χ3n) is 4.80. The van der Waals surface area contributed by atoms with Gasteiger partial charge in [-0.2, -0.15) is 0 Å². The van der Waals surface area contributed by atoms with Gasteiger partial charge in [-0.3, -0.25) is 10.1 Å². The number of alkyl carbamates (subject to hydrolysis) is 1. The fraction of sp³-hybridized carbons (Fsp3) is 0.360. The normalized spacial score (nSPS) is 11.6. The van der Waals surface area contributed by atoms with Gasteiger partial charge in [0.2, 0.25) is 0 Å². The quantitative estimate of drug-likeness (QED) is 0.302. The number of esters is 3. The van der Waals surface area contributed by atoms with E-state index in [0.29, 0.717) is 5.56 Å². The van der Waals surface area contributed by atoms with Crippen molar-refractivity contribution in [2.45, 2.75) is 38.8 Å². The van der Waals surface area contributed by atoms with Crippen molar-refractivity contribution in [2.75, 3.05) is 19.8 Å². The second kappa shape index (κ2) is 13.0. The third-order valence-corrected chi connectivity index (χ3v) is 4.80. The summed E-state index contributed by atoms with van der Waals surface area (Å²) < 4.78 is 20.7. The average Bonchev–Trinajstić information content (AvgIpc) is 2.84. The van der Waals surface area contributed by atoms with E-state index in [0.717, 1.165) is 0 Å². The summed E-state index contributed by atoms with van der Waals surface area (Å²) in [5.41, 5.74) is -1.67. The molecule has 1 unspecified atom stereocenters. The molecule has 1 N–H and O–H groups in total. The van der Waals surface area contributed by atoms with Crippen LogP contribution in [0, 0.1) is 0 Å². The summed E-state index contributed by atoms with van der Waals surface area (Å²) in [6.07, 6.45) is -1.12. The minimum Gasteiger partial charge on any atom is -0.465 e.